The Kier molecular flexibility index (Phi) is 5.63. The monoisotopic (exact) mass is 366 g/mol. The van der Waals surface area contributed by atoms with Crippen LogP contribution < -0.4 is 4.90 Å². The number of hydrogen-bond acceptors (Lipinski definition) is 4. The van der Waals surface area contributed by atoms with E-state index in [4.69, 9.17) is 0 Å². The molecule has 0 aliphatic heterocycles. The quantitative estimate of drug-likeness (QED) is 0.588. The summed E-state index contributed by atoms with van der Waals surface area (Å²) in [4.78, 5) is 19.1. The Morgan fingerprint density at radius 1 is 1.31 bits per heavy atom. The Morgan fingerprint density at radius 3 is 2.73 bits per heavy atom. The minimum absolute atomic E-state index is 0.0198. The van der Waals surface area contributed by atoms with Crippen LogP contribution >= 0.6 is 11.3 Å². The van der Waals surface area contributed by atoms with Crippen molar-refractivity contribution in [2.75, 3.05) is 11.4 Å². The largest absolute Gasteiger partial charge is 0.284 e. The van der Waals surface area contributed by atoms with E-state index in [2.05, 4.69) is 16.7 Å². The van der Waals surface area contributed by atoms with Crippen molar-refractivity contribution in [3.8, 4) is 11.3 Å². The number of aromatic nitrogens is 3. The predicted molar refractivity (Wildman–Crippen MR) is 106 cm³/mol. The Hall–Kier alpha value is -2.73. The fraction of sp³-hybridized carbons (Fsp3) is 0.250. The fourth-order valence-electron chi connectivity index (χ4n) is 2.78. The summed E-state index contributed by atoms with van der Waals surface area (Å²) in [6, 6.07) is 12.0. The van der Waals surface area contributed by atoms with Crippen molar-refractivity contribution in [2.24, 2.45) is 0 Å². The van der Waals surface area contributed by atoms with E-state index in [0.29, 0.717) is 24.6 Å². The second-order valence-electron chi connectivity index (χ2n) is 6.07. The second kappa shape index (κ2) is 8.10. The number of carbonyl (C=O) groups excluding carboxylic acids is 1. The first-order chi connectivity index (χ1) is 12.6. The van der Waals surface area contributed by atoms with Gasteiger partial charge in [-0.25, -0.2) is 4.98 Å². The second-order valence-corrected chi connectivity index (χ2v) is 6.91. The molecule has 6 heteroatoms. The van der Waals surface area contributed by atoms with E-state index in [-0.39, 0.29) is 5.91 Å². The van der Waals surface area contributed by atoms with Crippen molar-refractivity contribution in [2.45, 2.75) is 26.8 Å². The molecule has 0 N–H and O–H groups in total. The van der Waals surface area contributed by atoms with Gasteiger partial charge < -0.3 is 0 Å². The molecule has 0 fully saturated rings. The summed E-state index contributed by atoms with van der Waals surface area (Å²) in [6.45, 7) is 8.73. The molecule has 2 aromatic heterocycles. The van der Waals surface area contributed by atoms with Gasteiger partial charge in [0.25, 0.3) is 0 Å². The molecule has 0 atom stereocenters. The summed E-state index contributed by atoms with van der Waals surface area (Å²) in [5, 5.41) is 7.09. The molecule has 26 heavy (non-hydrogen) atoms. The van der Waals surface area contributed by atoms with Gasteiger partial charge in [0.15, 0.2) is 5.13 Å². The molecule has 3 rings (SSSR count). The Balaban J connectivity index is 1.74. The van der Waals surface area contributed by atoms with Crippen molar-refractivity contribution in [1.29, 1.82) is 0 Å². The maximum atomic E-state index is 12.8. The minimum atomic E-state index is 0.0198. The summed E-state index contributed by atoms with van der Waals surface area (Å²) in [5.41, 5.74) is 3.95. The zero-order valence-corrected chi connectivity index (χ0v) is 15.9. The van der Waals surface area contributed by atoms with Crippen LogP contribution in [-0.4, -0.2) is 27.2 Å². The SMILES string of the molecule is C=CCN(C(=O)CCn1nc(C)cc1C)c1nc(-c2ccccc2)cs1. The number of carbonyl (C=O) groups is 1. The third-order valence-corrected chi connectivity index (χ3v) is 4.91. The van der Waals surface area contributed by atoms with Crippen LogP contribution in [0, 0.1) is 13.8 Å². The van der Waals surface area contributed by atoms with Gasteiger partial charge in [-0.3, -0.25) is 14.4 Å². The molecule has 2 heterocycles. The van der Waals surface area contributed by atoms with Crippen LogP contribution in [0.25, 0.3) is 11.3 Å². The highest BCUT2D eigenvalue weighted by molar-refractivity contribution is 7.14. The lowest BCUT2D eigenvalue weighted by atomic mass is 10.2. The number of anilines is 1. The molecule has 1 aromatic carbocycles. The van der Waals surface area contributed by atoms with Gasteiger partial charge in [-0.05, 0) is 19.9 Å². The average molecular weight is 366 g/mol. The van der Waals surface area contributed by atoms with Crippen LogP contribution in [0.3, 0.4) is 0 Å². The first kappa shape index (κ1) is 18.1. The highest BCUT2D eigenvalue weighted by atomic mass is 32.1. The van der Waals surface area contributed by atoms with E-state index in [1.807, 2.05) is 60.3 Å². The van der Waals surface area contributed by atoms with Gasteiger partial charge in [-0.2, -0.15) is 5.10 Å². The average Bonchev–Trinajstić information content (AvgIpc) is 3.25. The van der Waals surface area contributed by atoms with Crippen LogP contribution in [0.5, 0.6) is 0 Å². The number of nitrogens with zero attached hydrogens (tertiary/aromatic N) is 4. The zero-order valence-electron chi connectivity index (χ0n) is 15.1. The lowest BCUT2D eigenvalue weighted by molar-refractivity contribution is -0.118. The molecule has 0 spiro atoms. The fourth-order valence-corrected chi connectivity index (χ4v) is 3.64. The maximum absolute atomic E-state index is 12.8. The molecule has 1 amide bonds. The number of aryl methyl sites for hydroxylation is 3. The minimum Gasteiger partial charge on any atom is -0.284 e. The Morgan fingerprint density at radius 2 is 2.08 bits per heavy atom. The van der Waals surface area contributed by atoms with Crippen LogP contribution in [0.4, 0.5) is 5.13 Å². The molecular weight excluding hydrogens is 344 g/mol. The number of benzene rings is 1. The molecule has 0 aliphatic carbocycles. The lowest BCUT2D eigenvalue weighted by Gasteiger charge is -2.18. The summed E-state index contributed by atoms with van der Waals surface area (Å²) < 4.78 is 1.87. The molecule has 134 valence electrons. The number of rotatable bonds is 7. The van der Waals surface area contributed by atoms with E-state index in [1.165, 1.54) is 11.3 Å². The molecule has 0 aliphatic rings. The van der Waals surface area contributed by atoms with Gasteiger partial charge in [0.2, 0.25) is 5.91 Å². The van der Waals surface area contributed by atoms with E-state index >= 15 is 0 Å². The van der Waals surface area contributed by atoms with Gasteiger partial charge in [-0.1, -0.05) is 36.4 Å². The smallest absolute Gasteiger partial charge is 0.230 e. The number of hydrogen-bond donors (Lipinski definition) is 0. The van der Waals surface area contributed by atoms with E-state index in [1.54, 1.807) is 11.0 Å². The Labute approximate surface area is 157 Å². The molecule has 0 bridgehead atoms. The predicted octanol–water partition coefficient (Wildman–Crippen LogP) is 4.23. The van der Waals surface area contributed by atoms with E-state index in [9.17, 15) is 4.79 Å². The zero-order chi connectivity index (χ0) is 18.5. The third-order valence-electron chi connectivity index (χ3n) is 4.05. The van der Waals surface area contributed by atoms with E-state index < -0.39 is 0 Å². The molecule has 3 aromatic rings. The van der Waals surface area contributed by atoms with Crippen LogP contribution in [0.2, 0.25) is 0 Å². The van der Waals surface area contributed by atoms with Gasteiger partial charge in [0, 0.05) is 36.1 Å². The number of thiazole rings is 1. The summed E-state index contributed by atoms with van der Waals surface area (Å²) in [5.74, 6) is 0.0198. The highest BCUT2D eigenvalue weighted by Crippen LogP contribution is 2.27. The Bertz CT molecular complexity index is 898. The van der Waals surface area contributed by atoms with Crippen molar-refractivity contribution in [1.82, 2.24) is 14.8 Å². The normalized spacial score (nSPS) is 10.7. The van der Waals surface area contributed by atoms with Crippen molar-refractivity contribution >= 4 is 22.4 Å². The van der Waals surface area contributed by atoms with Gasteiger partial charge in [0.05, 0.1) is 11.4 Å². The lowest BCUT2D eigenvalue weighted by Crippen LogP contribution is -2.31. The van der Waals surface area contributed by atoms with Crippen LogP contribution in [0.1, 0.15) is 17.8 Å². The molecule has 5 nitrogen and oxygen atoms in total. The van der Waals surface area contributed by atoms with Crippen LogP contribution in [0.15, 0.2) is 54.4 Å². The van der Waals surface area contributed by atoms with Crippen LogP contribution in [-0.2, 0) is 11.3 Å². The molecule has 0 saturated carbocycles. The van der Waals surface area contributed by atoms with Crippen molar-refractivity contribution in [3.63, 3.8) is 0 Å². The number of amides is 1. The van der Waals surface area contributed by atoms with Gasteiger partial charge >= 0.3 is 0 Å². The molecule has 0 saturated heterocycles. The standard InChI is InChI=1S/C20H22N4OS/c1-4-11-23(19(25)10-12-24-16(3)13-15(2)22-24)20-21-18(14-26-20)17-8-6-5-7-9-17/h4-9,13-14H,1,10-12H2,2-3H3. The summed E-state index contributed by atoms with van der Waals surface area (Å²) >= 11 is 1.47. The first-order valence-corrected chi connectivity index (χ1v) is 9.39. The first-order valence-electron chi connectivity index (χ1n) is 8.51. The summed E-state index contributed by atoms with van der Waals surface area (Å²) in [7, 11) is 0. The van der Waals surface area contributed by atoms with Gasteiger partial charge in [0.1, 0.15) is 0 Å². The maximum Gasteiger partial charge on any atom is 0.230 e. The topological polar surface area (TPSA) is 51.0 Å². The van der Waals surface area contributed by atoms with E-state index in [0.717, 1.165) is 22.6 Å². The molecular formula is C20H22N4OS. The molecule has 0 radical (unpaired) electrons. The van der Waals surface area contributed by atoms with Crippen molar-refractivity contribution in [3.05, 3.63) is 65.8 Å². The summed E-state index contributed by atoms with van der Waals surface area (Å²) in [6.07, 6.45) is 2.10. The van der Waals surface area contributed by atoms with Gasteiger partial charge in [-0.15, -0.1) is 17.9 Å². The highest BCUT2D eigenvalue weighted by Gasteiger charge is 2.18. The third kappa shape index (κ3) is 4.08. The molecule has 0 unspecified atom stereocenters. The van der Waals surface area contributed by atoms with Crippen molar-refractivity contribution < 1.29 is 4.79 Å².